The Morgan fingerprint density at radius 3 is 2.09 bits per heavy atom. The summed E-state index contributed by atoms with van der Waals surface area (Å²) in [6.45, 7) is 6.16. The number of aliphatic carboxylic acids is 1. The topological polar surface area (TPSA) is 90.0 Å². The average molecular weight is 311 g/mol. The number of carbonyl (C=O) groups excluding carboxylic acids is 3. The van der Waals surface area contributed by atoms with Crippen molar-refractivity contribution in [2.45, 2.75) is 64.1 Å². The molecule has 0 N–H and O–H groups in total. The lowest BCUT2D eigenvalue weighted by molar-refractivity contribution is -0.310. The highest BCUT2D eigenvalue weighted by atomic mass is 16.6. The smallest absolute Gasteiger partial charge is 0.410 e. The fourth-order valence-electron chi connectivity index (χ4n) is 3.03. The van der Waals surface area contributed by atoms with Crippen LogP contribution < -0.4 is 5.11 Å². The van der Waals surface area contributed by atoms with Gasteiger partial charge in [0.1, 0.15) is 11.6 Å². The van der Waals surface area contributed by atoms with E-state index in [1.165, 1.54) is 9.80 Å². The van der Waals surface area contributed by atoms with E-state index in [0.29, 0.717) is 38.8 Å². The van der Waals surface area contributed by atoms with Crippen molar-refractivity contribution in [3.63, 3.8) is 0 Å². The van der Waals surface area contributed by atoms with E-state index in [9.17, 15) is 19.5 Å². The van der Waals surface area contributed by atoms with Crippen molar-refractivity contribution >= 4 is 18.0 Å². The van der Waals surface area contributed by atoms with Crippen LogP contribution in [0.1, 0.15) is 46.5 Å². The van der Waals surface area contributed by atoms with Crippen molar-refractivity contribution in [3.05, 3.63) is 0 Å². The van der Waals surface area contributed by atoms with Crippen LogP contribution in [0, 0.1) is 0 Å². The first kappa shape index (κ1) is 16.6. The summed E-state index contributed by atoms with van der Waals surface area (Å²) in [5.41, 5.74) is -0.631. The van der Waals surface area contributed by atoms with Crippen LogP contribution in [-0.2, 0) is 14.3 Å². The molecule has 0 spiro atoms. The zero-order chi connectivity index (χ0) is 16.5. The molecule has 2 atom stereocenters. The second-order valence-electron chi connectivity index (χ2n) is 6.84. The molecule has 2 heterocycles. The Kier molecular flexibility index (Phi) is 4.63. The van der Waals surface area contributed by atoms with Crippen LogP contribution in [0.15, 0.2) is 0 Å². The van der Waals surface area contributed by atoms with E-state index in [0.717, 1.165) is 0 Å². The van der Waals surface area contributed by atoms with Gasteiger partial charge in [0.15, 0.2) is 0 Å². The Morgan fingerprint density at radius 1 is 1.00 bits per heavy atom. The lowest BCUT2D eigenvalue weighted by Crippen LogP contribution is -2.53. The molecule has 0 aromatic rings. The summed E-state index contributed by atoms with van der Waals surface area (Å²) in [4.78, 5) is 38.7. The molecule has 7 heteroatoms. The van der Waals surface area contributed by atoms with Crippen LogP contribution in [0.2, 0.25) is 0 Å². The number of rotatable bonds is 2. The van der Waals surface area contributed by atoms with Crippen molar-refractivity contribution in [1.29, 1.82) is 0 Å². The second kappa shape index (κ2) is 6.14. The minimum Gasteiger partial charge on any atom is -0.548 e. The number of ether oxygens (including phenoxy) is 1. The summed E-state index contributed by atoms with van der Waals surface area (Å²) in [7, 11) is 0. The lowest BCUT2D eigenvalue weighted by Gasteiger charge is -2.32. The number of amides is 2. The number of hydrogen-bond acceptors (Lipinski definition) is 5. The van der Waals surface area contributed by atoms with Crippen molar-refractivity contribution in [1.82, 2.24) is 9.80 Å². The summed E-state index contributed by atoms with van der Waals surface area (Å²) < 4.78 is 5.33. The highest BCUT2D eigenvalue weighted by molar-refractivity contribution is 5.89. The molecule has 0 saturated carbocycles. The fourth-order valence-corrected chi connectivity index (χ4v) is 3.03. The van der Waals surface area contributed by atoms with E-state index in [1.54, 1.807) is 20.8 Å². The number of hydrogen-bond donors (Lipinski definition) is 0. The van der Waals surface area contributed by atoms with Gasteiger partial charge >= 0.3 is 6.09 Å². The molecule has 2 aliphatic heterocycles. The van der Waals surface area contributed by atoms with Crippen LogP contribution in [0.4, 0.5) is 4.79 Å². The van der Waals surface area contributed by atoms with Crippen molar-refractivity contribution in [2.75, 3.05) is 13.1 Å². The number of nitrogens with zero attached hydrogens (tertiary/aromatic N) is 2. The van der Waals surface area contributed by atoms with Gasteiger partial charge < -0.3 is 19.5 Å². The van der Waals surface area contributed by atoms with Gasteiger partial charge in [-0.3, -0.25) is 9.69 Å². The van der Waals surface area contributed by atoms with Gasteiger partial charge in [-0.2, -0.15) is 0 Å². The minimum atomic E-state index is -1.23. The quantitative estimate of drug-likeness (QED) is 0.723. The molecule has 0 aliphatic carbocycles. The summed E-state index contributed by atoms with van der Waals surface area (Å²) in [6.07, 6.45) is 1.78. The Balaban J connectivity index is 2.08. The van der Waals surface area contributed by atoms with Gasteiger partial charge in [0.25, 0.3) is 0 Å². The molecule has 7 nitrogen and oxygen atoms in total. The van der Waals surface area contributed by atoms with Crippen molar-refractivity contribution in [2.24, 2.45) is 0 Å². The van der Waals surface area contributed by atoms with Crippen molar-refractivity contribution in [3.8, 4) is 0 Å². The van der Waals surface area contributed by atoms with Gasteiger partial charge in [-0.25, -0.2) is 4.79 Å². The zero-order valence-electron chi connectivity index (χ0n) is 13.3. The molecule has 0 aromatic heterocycles. The third-order valence-corrected chi connectivity index (χ3v) is 3.97. The maximum absolute atomic E-state index is 12.6. The van der Waals surface area contributed by atoms with Gasteiger partial charge in [0.2, 0.25) is 5.91 Å². The molecule has 22 heavy (non-hydrogen) atoms. The maximum Gasteiger partial charge on any atom is 0.410 e. The molecule has 0 unspecified atom stereocenters. The van der Waals surface area contributed by atoms with E-state index < -0.39 is 29.7 Å². The van der Waals surface area contributed by atoms with E-state index in [2.05, 4.69) is 0 Å². The number of carboxylic acid groups (broad SMARTS) is 1. The molecule has 2 fully saturated rings. The van der Waals surface area contributed by atoms with Crippen LogP contribution in [0.5, 0.6) is 0 Å². The molecule has 0 bridgehead atoms. The Morgan fingerprint density at radius 2 is 1.55 bits per heavy atom. The molecule has 2 rings (SSSR count). The minimum absolute atomic E-state index is 0.310. The monoisotopic (exact) mass is 311 g/mol. The van der Waals surface area contributed by atoms with E-state index in [4.69, 9.17) is 4.74 Å². The highest BCUT2D eigenvalue weighted by Crippen LogP contribution is 2.26. The Labute approximate surface area is 130 Å². The number of likely N-dealkylation sites (tertiary alicyclic amines) is 2. The van der Waals surface area contributed by atoms with E-state index in [-0.39, 0.29) is 5.91 Å². The van der Waals surface area contributed by atoms with Crippen molar-refractivity contribution < 1.29 is 24.2 Å². The molecule has 2 aliphatic rings. The summed E-state index contributed by atoms with van der Waals surface area (Å²) in [5.74, 6) is -1.54. The fraction of sp³-hybridized carbons (Fsp3) is 0.800. The largest absolute Gasteiger partial charge is 0.548 e. The predicted molar refractivity (Wildman–Crippen MR) is 75.7 cm³/mol. The molecule has 124 valence electrons. The molecular weight excluding hydrogens is 288 g/mol. The van der Waals surface area contributed by atoms with Gasteiger partial charge in [-0.15, -0.1) is 0 Å². The zero-order valence-corrected chi connectivity index (χ0v) is 13.3. The van der Waals surface area contributed by atoms with Gasteiger partial charge in [0, 0.05) is 13.1 Å². The summed E-state index contributed by atoms with van der Waals surface area (Å²) >= 11 is 0. The SMILES string of the molecule is CC(C)(C)OC(=O)N1CCC[C@H]1C(=O)N1CCC[C@H]1C(=O)[O-]. The van der Waals surface area contributed by atoms with Crippen LogP contribution in [-0.4, -0.2) is 58.5 Å². The second-order valence-corrected chi connectivity index (χ2v) is 6.84. The van der Waals surface area contributed by atoms with Crippen LogP contribution >= 0.6 is 0 Å². The summed E-state index contributed by atoms with van der Waals surface area (Å²) in [6, 6.07) is -1.51. The molecule has 0 radical (unpaired) electrons. The number of carboxylic acids is 1. The Hall–Kier alpha value is -1.79. The molecule has 2 amide bonds. The third-order valence-electron chi connectivity index (χ3n) is 3.97. The Bertz CT molecular complexity index is 471. The first-order chi connectivity index (χ1) is 10.2. The molecule has 0 aromatic carbocycles. The average Bonchev–Trinajstić information content (AvgIpc) is 3.05. The normalized spacial score (nSPS) is 25.4. The predicted octanol–water partition coefficient (Wildman–Crippen LogP) is 0.127. The first-order valence-electron chi connectivity index (χ1n) is 7.71. The van der Waals surface area contributed by atoms with Gasteiger partial charge in [-0.1, -0.05) is 0 Å². The standard InChI is InChI=1S/C15H24N2O5/c1-15(2,3)22-14(21)17-9-4-6-10(17)12(18)16-8-5-7-11(16)13(19)20/h10-11H,4-9H2,1-3H3,(H,19,20)/p-1/t10-,11-/m0/s1. The van der Waals surface area contributed by atoms with Gasteiger partial charge in [-0.05, 0) is 46.5 Å². The highest BCUT2D eigenvalue weighted by Gasteiger charge is 2.41. The third kappa shape index (κ3) is 3.51. The van der Waals surface area contributed by atoms with E-state index in [1.807, 2.05) is 0 Å². The van der Waals surface area contributed by atoms with Gasteiger partial charge in [0.05, 0.1) is 12.0 Å². The van der Waals surface area contributed by atoms with E-state index >= 15 is 0 Å². The summed E-state index contributed by atoms with van der Waals surface area (Å²) in [5, 5.41) is 11.1. The lowest BCUT2D eigenvalue weighted by atomic mass is 10.1. The maximum atomic E-state index is 12.6. The van der Waals surface area contributed by atoms with Crippen LogP contribution in [0.3, 0.4) is 0 Å². The number of carbonyl (C=O) groups is 3. The molecule has 2 saturated heterocycles. The first-order valence-corrected chi connectivity index (χ1v) is 7.71. The molecular formula is C15H23N2O5-. The van der Waals surface area contributed by atoms with Crippen LogP contribution in [0.25, 0.3) is 0 Å².